The van der Waals surface area contributed by atoms with Gasteiger partial charge in [0.1, 0.15) is 5.75 Å². The van der Waals surface area contributed by atoms with E-state index in [1.54, 1.807) is 12.1 Å². The molecule has 30 heavy (non-hydrogen) atoms. The molecule has 0 bridgehead atoms. The monoisotopic (exact) mass is 418 g/mol. The molecule has 0 saturated carbocycles. The summed E-state index contributed by atoms with van der Waals surface area (Å²) in [5.41, 5.74) is 1.50. The Morgan fingerprint density at radius 2 is 1.20 bits per heavy atom. The third-order valence-corrected chi connectivity index (χ3v) is 6.04. The molecule has 1 rings (SSSR count). The lowest BCUT2D eigenvalue weighted by Gasteiger charge is -2.23. The summed E-state index contributed by atoms with van der Waals surface area (Å²) < 4.78 is 0. The minimum atomic E-state index is -0.928. The lowest BCUT2D eigenvalue weighted by Crippen LogP contribution is -2.14. The van der Waals surface area contributed by atoms with Gasteiger partial charge in [-0.3, -0.25) is 0 Å². The minimum Gasteiger partial charge on any atom is -0.507 e. The number of rotatable bonds is 16. The van der Waals surface area contributed by atoms with E-state index in [0.717, 1.165) is 30.4 Å². The molecular weight excluding hydrogens is 372 g/mol. The average molecular weight is 419 g/mol. The van der Waals surface area contributed by atoms with E-state index in [9.17, 15) is 15.0 Å². The number of phenolic OH excluding ortho intramolecular Hbond substituents is 1. The molecule has 0 amide bonds. The Morgan fingerprint density at radius 3 is 1.60 bits per heavy atom. The third-order valence-electron chi connectivity index (χ3n) is 6.04. The van der Waals surface area contributed by atoms with Crippen LogP contribution in [0.2, 0.25) is 0 Å². The summed E-state index contributed by atoms with van der Waals surface area (Å²) in [6, 6.07) is 3.27. The molecule has 1 aromatic rings. The molecule has 0 aromatic heterocycles. The molecule has 0 aliphatic rings. The number of benzene rings is 1. The van der Waals surface area contributed by atoms with Crippen LogP contribution in [0.25, 0.3) is 0 Å². The number of aromatic carboxylic acids is 1. The van der Waals surface area contributed by atoms with Crippen molar-refractivity contribution in [3.8, 4) is 5.75 Å². The van der Waals surface area contributed by atoms with Gasteiger partial charge in [0, 0.05) is 5.56 Å². The first kappa shape index (κ1) is 26.5. The van der Waals surface area contributed by atoms with Crippen molar-refractivity contribution in [2.75, 3.05) is 0 Å². The fourth-order valence-corrected chi connectivity index (χ4v) is 4.09. The van der Waals surface area contributed by atoms with Crippen LogP contribution in [0.4, 0.5) is 0 Å². The summed E-state index contributed by atoms with van der Waals surface area (Å²) >= 11 is 0. The summed E-state index contributed by atoms with van der Waals surface area (Å²) in [5, 5.41) is 20.0. The SMILES string of the molecule is CCCCCCCCCCCCCCCCc1cc(C(=O)O)cc(C(C)(C)C)c1O. The molecule has 3 nitrogen and oxygen atoms in total. The molecule has 0 unspecified atom stereocenters. The molecule has 0 heterocycles. The molecule has 0 aliphatic carbocycles. The zero-order chi connectivity index (χ0) is 22.4. The van der Waals surface area contributed by atoms with Crippen LogP contribution < -0.4 is 0 Å². The van der Waals surface area contributed by atoms with Crippen molar-refractivity contribution in [1.82, 2.24) is 0 Å². The molecular formula is C27H46O3. The zero-order valence-corrected chi connectivity index (χ0v) is 20.1. The first-order valence-corrected chi connectivity index (χ1v) is 12.4. The van der Waals surface area contributed by atoms with Crippen molar-refractivity contribution in [3.63, 3.8) is 0 Å². The number of aryl methyl sites for hydroxylation is 1. The van der Waals surface area contributed by atoms with Gasteiger partial charge in [-0.15, -0.1) is 0 Å². The van der Waals surface area contributed by atoms with Gasteiger partial charge in [-0.2, -0.15) is 0 Å². The van der Waals surface area contributed by atoms with Crippen molar-refractivity contribution in [1.29, 1.82) is 0 Å². The van der Waals surface area contributed by atoms with Gasteiger partial charge in [0.2, 0.25) is 0 Å². The molecule has 0 spiro atoms. The predicted molar refractivity (Wildman–Crippen MR) is 128 cm³/mol. The van der Waals surface area contributed by atoms with E-state index in [4.69, 9.17) is 0 Å². The van der Waals surface area contributed by atoms with Gasteiger partial charge in [0.25, 0.3) is 0 Å². The molecule has 3 heteroatoms. The van der Waals surface area contributed by atoms with E-state index >= 15 is 0 Å². The fraction of sp³-hybridized carbons (Fsp3) is 0.741. The van der Waals surface area contributed by atoms with Crippen LogP contribution in [0.3, 0.4) is 0 Å². The standard InChI is InChI=1S/C27H46O3/c1-5-6-7-8-9-10-11-12-13-14-15-16-17-18-19-22-20-23(26(29)30)21-24(25(22)28)27(2,3)4/h20-21,28H,5-19H2,1-4H3,(H,29,30). The van der Waals surface area contributed by atoms with Gasteiger partial charge in [-0.05, 0) is 36.0 Å². The van der Waals surface area contributed by atoms with Crippen molar-refractivity contribution in [2.24, 2.45) is 0 Å². The second kappa shape index (κ2) is 14.5. The molecule has 2 N–H and O–H groups in total. The van der Waals surface area contributed by atoms with Gasteiger partial charge in [-0.25, -0.2) is 4.79 Å². The summed E-state index contributed by atoms with van der Waals surface area (Å²) in [7, 11) is 0. The van der Waals surface area contributed by atoms with Crippen LogP contribution >= 0.6 is 0 Å². The lowest BCUT2D eigenvalue weighted by molar-refractivity contribution is 0.0696. The summed E-state index contributed by atoms with van der Waals surface area (Å²) in [6.45, 7) is 8.28. The Hall–Kier alpha value is -1.51. The highest BCUT2D eigenvalue weighted by Crippen LogP contribution is 2.35. The van der Waals surface area contributed by atoms with Crippen LogP contribution in [0, 0.1) is 0 Å². The summed E-state index contributed by atoms with van der Waals surface area (Å²) in [4.78, 5) is 11.5. The zero-order valence-electron chi connectivity index (χ0n) is 20.1. The molecule has 172 valence electrons. The van der Waals surface area contributed by atoms with Crippen molar-refractivity contribution in [3.05, 3.63) is 28.8 Å². The topological polar surface area (TPSA) is 57.5 Å². The maximum absolute atomic E-state index is 11.5. The number of aromatic hydroxyl groups is 1. The highest BCUT2D eigenvalue weighted by atomic mass is 16.4. The normalized spacial score (nSPS) is 11.7. The van der Waals surface area contributed by atoms with Crippen molar-refractivity contribution < 1.29 is 15.0 Å². The fourth-order valence-electron chi connectivity index (χ4n) is 4.09. The van der Waals surface area contributed by atoms with Gasteiger partial charge < -0.3 is 10.2 Å². The third kappa shape index (κ3) is 10.5. The van der Waals surface area contributed by atoms with E-state index in [1.165, 1.54) is 77.0 Å². The van der Waals surface area contributed by atoms with E-state index in [-0.39, 0.29) is 16.7 Å². The van der Waals surface area contributed by atoms with E-state index in [0.29, 0.717) is 0 Å². The first-order valence-electron chi connectivity index (χ1n) is 12.4. The predicted octanol–water partition coefficient (Wildman–Crippen LogP) is 8.41. The van der Waals surface area contributed by atoms with Gasteiger partial charge in [0.15, 0.2) is 0 Å². The number of hydrogen-bond acceptors (Lipinski definition) is 2. The van der Waals surface area contributed by atoms with Crippen LogP contribution in [-0.4, -0.2) is 16.2 Å². The molecule has 0 saturated heterocycles. The minimum absolute atomic E-state index is 0.276. The quantitative estimate of drug-likeness (QED) is 0.265. The van der Waals surface area contributed by atoms with Gasteiger partial charge in [-0.1, -0.05) is 111 Å². The maximum atomic E-state index is 11.5. The van der Waals surface area contributed by atoms with Crippen molar-refractivity contribution >= 4 is 5.97 Å². The maximum Gasteiger partial charge on any atom is 0.335 e. The first-order chi connectivity index (χ1) is 14.3. The van der Waals surface area contributed by atoms with Crippen LogP contribution in [0.5, 0.6) is 5.75 Å². The summed E-state index contributed by atoms with van der Waals surface area (Å²) in [5.74, 6) is -0.648. The van der Waals surface area contributed by atoms with E-state index in [1.807, 2.05) is 20.8 Å². The van der Waals surface area contributed by atoms with Crippen LogP contribution in [-0.2, 0) is 11.8 Å². The Labute approximate surface area is 185 Å². The highest BCUT2D eigenvalue weighted by molar-refractivity contribution is 5.88. The van der Waals surface area contributed by atoms with Crippen LogP contribution in [0.15, 0.2) is 12.1 Å². The van der Waals surface area contributed by atoms with Crippen LogP contribution in [0.1, 0.15) is 139 Å². The largest absolute Gasteiger partial charge is 0.507 e. The van der Waals surface area contributed by atoms with E-state index < -0.39 is 5.97 Å². The Bertz CT molecular complexity index is 613. The summed E-state index contributed by atoms with van der Waals surface area (Å²) in [6.07, 6.45) is 19.2. The Balaban J connectivity index is 2.23. The number of unbranched alkanes of at least 4 members (excludes halogenated alkanes) is 13. The number of carbonyl (C=O) groups is 1. The highest BCUT2D eigenvalue weighted by Gasteiger charge is 2.22. The number of carboxylic acids is 1. The van der Waals surface area contributed by atoms with Gasteiger partial charge >= 0.3 is 5.97 Å². The molecule has 1 aromatic carbocycles. The van der Waals surface area contributed by atoms with Crippen molar-refractivity contribution in [2.45, 2.75) is 129 Å². The second-order valence-electron chi connectivity index (χ2n) is 9.93. The molecule has 0 radical (unpaired) electrons. The van der Waals surface area contributed by atoms with Gasteiger partial charge in [0.05, 0.1) is 5.56 Å². The number of hydrogen-bond donors (Lipinski definition) is 2. The molecule has 0 aliphatic heterocycles. The number of phenols is 1. The Kier molecular flexibility index (Phi) is 12.8. The lowest BCUT2D eigenvalue weighted by atomic mass is 9.83. The number of carboxylic acid groups (broad SMARTS) is 1. The molecule has 0 fully saturated rings. The average Bonchev–Trinajstić information content (AvgIpc) is 2.68. The molecule has 0 atom stereocenters. The Morgan fingerprint density at radius 1 is 0.767 bits per heavy atom. The smallest absolute Gasteiger partial charge is 0.335 e. The van der Waals surface area contributed by atoms with E-state index in [2.05, 4.69) is 6.92 Å². The second-order valence-corrected chi connectivity index (χ2v) is 9.93.